The molecule has 0 saturated heterocycles. The van der Waals surface area contributed by atoms with Gasteiger partial charge in [-0.25, -0.2) is 0 Å². The third kappa shape index (κ3) is 16.6. The minimum atomic E-state index is 0.832. The molecule has 94 valence electrons. The zero-order valence-corrected chi connectivity index (χ0v) is 11.9. The van der Waals surface area contributed by atoms with Gasteiger partial charge in [0.2, 0.25) is 0 Å². The Labute approximate surface area is 98.0 Å². The van der Waals surface area contributed by atoms with Crippen LogP contribution in [0, 0.1) is 11.8 Å². The van der Waals surface area contributed by atoms with Crippen LogP contribution >= 0.6 is 0 Å². The summed E-state index contributed by atoms with van der Waals surface area (Å²) in [6, 6.07) is 0. The maximum absolute atomic E-state index is 3.49. The fourth-order valence-electron chi connectivity index (χ4n) is 0.865. The van der Waals surface area contributed by atoms with Crippen molar-refractivity contribution >= 4 is 0 Å². The molecule has 0 spiro atoms. The molecular formula is C14H33N. The highest BCUT2D eigenvalue weighted by Crippen LogP contribution is 2.00. The minimum Gasteiger partial charge on any atom is -0.316 e. The molecule has 0 aromatic carbocycles. The molecule has 0 aromatic rings. The first-order chi connectivity index (χ1) is 7.12. The van der Waals surface area contributed by atoms with E-state index < -0.39 is 0 Å². The predicted octanol–water partition coefficient (Wildman–Crippen LogP) is 4.47. The first kappa shape index (κ1) is 17.4. The summed E-state index contributed by atoms with van der Waals surface area (Å²) in [4.78, 5) is 0. The molecule has 0 bridgehead atoms. The predicted molar refractivity (Wildman–Crippen MR) is 72.4 cm³/mol. The van der Waals surface area contributed by atoms with Crippen LogP contribution in [0.15, 0.2) is 0 Å². The van der Waals surface area contributed by atoms with Crippen molar-refractivity contribution in [3.63, 3.8) is 0 Å². The Balaban J connectivity index is 0. The van der Waals surface area contributed by atoms with Crippen LogP contribution in [0.2, 0.25) is 0 Å². The molecule has 0 fully saturated rings. The van der Waals surface area contributed by atoms with Crippen molar-refractivity contribution in [2.75, 3.05) is 13.1 Å². The molecule has 2 atom stereocenters. The zero-order chi connectivity index (χ0) is 12.1. The summed E-state index contributed by atoms with van der Waals surface area (Å²) in [6.07, 6.45) is 5.21. The summed E-state index contributed by atoms with van der Waals surface area (Å²) in [5.74, 6) is 1.66. The Morgan fingerprint density at radius 1 is 0.733 bits per heavy atom. The topological polar surface area (TPSA) is 12.0 Å². The second-order valence-electron chi connectivity index (χ2n) is 4.69. The van der Waals surface area contributed by atoms with Gasteiger partial charge in [-0.05, 0) is 24.9 Å². The summed E-state index contributed by atoms with van der Waals surface area (Å²) in [7, 11) is 0. The minimum absolute atomic E-state index is 0.832. The van der Waals surface area contributed by atoms with Gasteiger partial charge >= 0.3 is 0 Å². The van der Waals surface area contributed by atoms with Gasteiger partial charge in [-0.15, -0.1) is 0 Å². The number of nitrogens with one attached hydrogen (secondary N) is 1. The van der Waals surface area contributed by atoms with Gasteiger partial charge in [0.1, 0.15) is 0 Å². The summed E-state index contributed by atoms with van der Waals surface area (Å²) < 4.78 is 0. The van der Waals surface area contributed by atoms with Gasteiger partial charge in [0, 0.05) is 0 Å². The molecule has 0 saturated carbocycles. The maximum atomic E-state index is 3.49. The average molecular weight is 215 g/mol. The third-order valence-corrected chi connectivity index (χ3v) is 2.88. The molecule has 0 aliphatic heterocycles. The molecule has 0 amide bonds. The molecule has 1 nitrogen and oxygen atoms in total. The van der Waals surface area contributed by atoms with Gasteiger partial charge in [0.05, 0.1) is 0 Å². The highest BCUT2D eigenvalue weighted by molar-refractivity contribution is 4.58. The lowest BCUT2D eigenvalue weighted by Gasteiger charge is -2.13. The van der Waals surface area contributed by atoms with Crippen LogP contribution in [0.5, 0.6) is 0 Å². The SMILES string of the molecule is CCC(C)CNCC(C)CC.CCCC. The normalized spacial score (nSPS) is 14.0. The smallest absolute Gasteiger partial charge is 0.00231 e. The molecule has 15 heavy (non-hydrogen) atoms. The van der Waals surface area contributed by atoms with Crippen molar-refractivity contribution in [2.24, 2.45) is 11.8 Å². The van der Waals surface area contributed by atoms with Crippen LogP contribution in [0.25, 0.3) is 0 Å². The van der Waals surface area contributed by atoms with Crippen molar-refractivity contribution < 1.29 is 0 Å². The maximum Gasteiger partial charge on any atom is -0.00231 e. The van der Waals surface area contributed by atoms with Crippen LogP contribution in [0.4, 0.5) is 0 Å². The summed E-state index contributed by atoms with van der Waals surface area (Å²) in [6.45, 7) is 15.8. The first-order valence-corrected chi connectivity index (χ1v) is 6.82. The van der Waals surface area contributed by atoms with Crippen LogP contribution < -0.4 is 5.32 Å². The third-order valence-electron chi connectivity index (χ3n) is 2.88. The first-order valence-electron chi connectivity index (χ1n) is 6.82. The van der Waals surface area contributed by atoms with Crippen LogP contribution in [-0.2, 0) is 0 Å². The van der Waals surface area contributed by atoms with Gasteiger partial charge < -0.3 is 5.32 Å². The monoisotopic (exact) mass is 215 g/mol. The number of unbranched alkanes of at least 4 members (excludes halogenated alkanes) is 1. The molecule has 0 radical (unpaired) electrons. The molecule has 0 aromatic heterocycles. The van der Waals surface area contributed by atoms with E-state index in [2.05, 4.69) is 46.9 Å². The zero-order valence-electron chi connectivity index (χ0n) is 11.9. The van der Waals surface area contributed by atoms with Crippen molar-refractivity contribution in [1.29, 1.82) is 0 Å². The largest absolute Gasteiger partial charge is 0.316 e. The summed E-state index contributed by atoms with van der Waals surface area (Å²) >= 11 is 0. The number of rotatable bonds is 7. The lowest BCUT2D eigenvalue weighted by Crippen LogP contribution is -2.25. The van der Waals surface area contributed by atoms with Gasteiger partial charge in [-0.2, -0.15) is 0 Å². The van der Waals surface area contributed by atoms with Crippen LogP contribution in [-0.4, -0.2) is 13.1 Å². The Kier molecular flexibility index (Phi) is 16.2. The summed E-state index contributed by atoms with van der Waals surface area (Å²) in [5, 5.41) is 3.49. The van der Waals surface area contributed by atoms with E-state index in [4.69, 9.17) is 0 Å². The molecule has 0 aliphatic rings. The Bertz CT molecular complexity index is 89.5. The molecule has 0 aliphatic carbocycles. The lowest BCUT2D eigenvalue weighted by molar-refractivity contribution is 0.445. The van der Waals surface area contributed by atoms with Crippen LogP contribution in [0.3, 0.4) is 0 Å². The number of hydrogen-bond donors (Lipinski definition) is 1. The van der Waals surface area contributed by atoms with Gasteiger partial charge in [-0.1, -0.05) is 67.2 Å². The van der Waals surface area contributed by atoms with E-state index in [-0.39, 0.29) is 0 Å². The summed E-state index contributed by atoms with van der Waals surface area (Å²) in [5.41, 5.74) is 0. The molecule has 0 heterocycles. The highest BCUT2D eigenvalue weighted by Gasteiger charge is 2.00. The molecule has 0 rings (SSSR count). The fraction of sp³-hybridized carbons (Fsp3) is 1.00. The van der Waals surface area contributed by atoms with Crippen molar-refractivity contribution in [3.8, 4) is 0 Å². The standard InChI is InChI=1S/C10H23N.C4H10/c1-5-9(3)7-11-8-10(4)6-2;1-3-4-2/h9-11H,5-8H2,1-4H3;3-4H2,1-2H3. The second-order valence-corrected chi connectivity index (χ2v) is 4.69. The van der Waals surface area contributed by atoms with Crippen molar-refractivity contribution in [2.45, 2.75) is 67.2 Å². The number of hydrogen-bond acceptors (Lipinski definition) is 1. The lowest BCUT2D eigenvalue weighted by atomic mass is 10.1. The highest BCUT2D eigenvalue weighted by atomic mass is 14.9. The van der Waals surface area contributed by atoms with Crippen molar-refractivity contribution in [1.82, 2.24) is 5.32 Å². The van der Waals surface area contributed by atoms with E-state index in [9.17, 15) is 0 Å². The molecule has 2 unspecified atom stereocenters. The Morgan fingerprint density at radius 3 is 1.27 bits per heavy atom. The van der Waals surface area contributed by atoms with E-state index >= 15 is 0 Å². The average Bonchev–Trinajstić information content (AvgIpc) is 2.28. The molecule has 1 heteroatoms. The fourth-order valence-corrected chi connectivity index (χ4v) is 0.865. The quantitative estimate of drug-likeness (QED) is 0.660. The second kappa shape index (κ2) is 14.0. The van der Waals surface area contributed by atoms with Gasteiger partial charge in [0.25, 0.3) is 0 Å². The molecular weight excluding hydrogens is 182 g/mol. The van der Waals surface area contributed by atoms with Gasteiger partial charge in [-0.3, -0.25) is 0 Å². The van der Waals surface area contributed by atoms with E-state index in [0.717, 1.165) is 11.8 Å². The van der Waals surface area contributed by atoms with E-state index in [1.54, 1.807) is 0 Å². The Hall–Kier alpha value is -0.0400. The van der Waals surface area contributed by atoms with E-state index in [1.165, 1.54) is 38.8 Å². The van der Waals surface area contributed by atoms with Crippen molar-refractivity contribution in [3.05, 3.63) is 0 Å². The van der Waals surface area contributed by atoms with Gasteiger partial charge in [0.15, 0.2) is 0 Å². The van der Waals surface area contributed by atoms with Crippen LogP contribution in [0.1, 0.15) is 67.2 Å². The Morgan fingerprint density at radius 2 is 1.07 bits per heavy atom. The van der Waals surface area contributed by atoms with E-state index in [0.29, 0.717) is 0 Å². The molecule has 1 N–H and O–H groups in total. The van der Waals surface area contributed by atoms with E-state index in [1.807, 2.05) is 0 Å².